The third-order valence-electron chi connectivity index (χ3n) is 3.56. The lowest BCUT2D eigenvalue weighted by Gasteiger charge is -2.21. The first-order valence-electron chi connectivity index (χ1n) is 8.58. The lowest BCUT2D eigenvalue weighted by Crippen LogP contribution is -2.39. The zero-order chi connectivity index (χ0) is 20.6. The van der Waals surface area contributed by atoms with Crippen LogP contribution in [-0.2, 0) is 14.8 Å². The number of nitrogens with zero attached hydrogens (tertiary/aromatic N) is 2. The predicted octanol–water partition coefficient (Wildman–Crippen LogP) is 2.53. The van der Waals surface area contributed by atoms with E-state index in [1.54, 1.807) is 24.3 Å². The van der Waals surface area contributed by atoms with Gasteiger partial charge in [-0.25, -0.2) is 18.2 Å². The van der Waals surface area contributed by atoms with E-state index >= 15 is 0 Å². The lowest BCUT2D eigenvalue weighted by atomic mass is 10.2. The molecule has 2 rings (SSSR count). The van der Waals surface area contributed by atoms with Crippen molar-refractivity contribution in [1.29, 1.82) is 0 Å². The number of hydrazone groups is 1. The molecule has 9 heteroatoms. The number of halogens is 1. The van der Waals surface area contributed by atoms with Crippen molar-refractivity contribution in [3.8, 4) is 5.75 Å². The molecule has 0 aromatic heterocycles. The first kappa shape index (κ1) is 21.4. The van der Waals surface area contributed by atoms with Crippen molar-refractivity contribution in [3.63, 3.8) is 0 Å². The van der Waals surface area contributed by atoms with Gasteiger partial charge in [0.15, 0.2) is 0 Å². The van der Waals surface area contributed by atoms with Crippen LogP contribution in [0.1, 0.15) is 18.9 Å². The van der Waals surface area contributed by atoms with Crippen LogP contribution >= 0.6 is 0 Å². The predicted molar refractivity (Wildman–Crippen MR) is 107 cm³/mol. The van der Waals surface area contributed by atoms with Crippen LogP contribution in [0.15, 0.2) is 53.6 Å². The molecule has 0 heterocycles. The molecule has 0 bridgehead atoms. The van der Waals surface area contributed by atoms with Gasteiger partial charge in [-0.05, 0) is 48.4 Å². The Kier molecular flexibility index (Phi) is 7.51. The Labute approximate surface area is 163 Å². The fraction of sp³-hybridized carbons (Fsp3) is 0.263. The summed E-state index contributed by atoms with van der Waals surface area (Å²) in [5.74, 6) is -0.709. The first-order chi connectivity index (χ1) is 13.3. The minimum absolute atomic E-state index is 0.202. The van der Waals surface area contributed by atoms with Crippen LogP contribution in [0.25, 0.3) is 0 Å². The molecular formula is C19H22FN3O4S. The Hall–Kier alpha value is -2.94. The van der Waals surface area contributed by atoms with Crippen molar-refractivity contribution in [3.05, 3.63) is 59.9 Å². The maximum absolute atomic E-state index is 13.9. The molecule has 1 amide bonds. The molecule has 0 saturated carbocycles. The van der Waals surface area contributed by atoms with E-state index in [2.05, 4.69) is 10.5 Å². The highest BCUT2D eigenvalue weighted by Crippen LogP contribution is 2.20. The van der Waals surface area contributed by atoms with Crippen LogP contribution in [0.3, 0.4) is 0 Å². The molecule has 1 N–H and O–H groups in total. The molecule has 28 heavy (non-hydrogen) atoms. The molecule has 0 spiro atoms. The largest absolute Gasteiger partial charge is 0.494 e. The maximum Gasteiger partial charge on any atom is 0.260 e. The number of rotatable bonds is 9. The monoisotopic (exact) mass is 407 g/mol. The number of para-hydroxylation sites is 1. The summed E-state index contributed by atoms with van der Waals surface area (Å²) in [6, 6.07) is 12.4. The number of carbonyl (C=O) groups is 1. The van der Waals surface area contributed by atoms with Gasteiger partial charge in [-0.2, -0.15) is 5.10 Å². The standard InChI is InChI=1S/C19H22FN3O4S/c1-3-12-27-16-10-8-15(9-11-16)13-21-22-19(24)14-23(28(2,25)26)18-7-5-4-6-17(18)20/h4-11,13H,3,12,14H2,1-2H3,(H,22,24)/b21-13-. The Morgan fingerprint density at radius 3 is 2.50 bits per heavy atom. The highest BCUT2D eigenvalue weighted by molar-refractivity contribution is 7.92. The van der Waals surface area contributed by atoms with Crippen LogP contribution in [0, 0.1) is 5.82 Å². The molecule has 0 atom stereocenters. The van der Waals surface area contributed by atoms with Gasteiger partial charge in [-0.15, -0.1) is 0 Å². The number of ether oxygens (including phenoxy) is 1. The summed E-state index contributed by atoms with van der Waals surface area (Å²) in [6.07, 6.45) is 3.22. The fourth-order valence-electron chi connectivity index (χ4n) is 2.25. The van der Waals surface area contributed by atoms with Crippen molar-refractivity contribution in [2.45, 2.75) is 13.3 Å². The van der Waals surface area contributed by atoms with E-state index in [4.69, 9.17) is 4.74 Å². The van der Waals surface area contributed by atoms with E-state index in [0.29, 0.717) is 10.9 Å². The smallest absolute Gasteiger partial charge is 0.260 e. The summed E-state index contributed by atoms with van der Waals surface area (Å²) in [5.41, 5.74) is 2.76. The second-order valence-electron chi connectivity index (χ2n) is 5.93. The van der Waals surface area contributed by atoms with E-state index < -0.39 is 28.3 Å². The highest BCUT2D eigenvalue weighted by atomic mass is 32.2. The number of hydrogen-bond acceptors (Lipinski definition) is 5. The van der Waals surface area contributed by atoms with Gasteiger partial charge in [-0.1, -0.05) is 19.1 Å². The number of amides is 1. The normalized spacial score (nSPS) is 11.4. The average molecular weight is 407 g/mol. The van der Waals surface area contributed by atoms with Crippen LogP contribution in [-0.4, -0.2) is 39.9 Å². The van der Waals surface area contributed by atoms with Gasteiger partial charge in [0.25, 0.3) is 5.91 Å². The molecule has 0 unspecified atom stereocenters. The van der Waals surface area contributed by atoms with Crippen LogP contribution in [0.5, 0.6) is 5.75 Å². The minimum atomic E-state index is -3.86. The second-order valence-corrected chi connectivity index (χ2v) is 7.84. The number of hydrogen-bond donors (Lipinski definition) is 1. The summed E-state index contributed by atoms with van der Waals surface area (Å²) >= 11 is 0. The van der Waals surface area contributed by atoms with Crippen LogP contribution in [0.2, 0.25) is 0 Å². The number of nitrogens with one attached hydrogen (secondary N) is 1. The van der Waals surface area contributed by atoms with Crippen molar-refractivity contribution in [2.24, 2.45) is 5.10 Å². The van der Waals surface area contributed by atoms with E-state index in [-0.39, 0.29) is 5.69 Å². The van der Waals surface area contributed by atoms with Gasteiger partial charge in [-0.3, -0.25) is 9.10 Å². The minimum Gasteiger partial charge on any atom is -0.494 e. The molecular weight excluding hydrogens is 385 g/mol. The third-order valence-corrected chi connectivity index (χ3v) is 4.69. The van der Waals surface area contributed by atoms with Gasteiger partial charge in [0.2, 0.25) is 10.0 Å². The van der Waals surface area contributed by atoms with E-state index in [0.717, 1.165) is 30.1 Å². The maximum atomic E-state index is 13.9. The van der Waals surface area contributed by atoms with E-state index in [1.165, 1.54) is 24.4 Å². The molecule has 0 aliphatic carbocycles. The summed E-state index contributed by atoms with van der Waals surface area (Å²) in [5, 5.41) is 3.80. The van der Waals surface area contributed by atoms with Gasteiger partial charge >= 0.3 is 0 Å². The number of anilines is 1. The van der Waals surface area contributed by atoms with E-state index in [1.807, 2.05) is 6.92 Å². The summed E-state index contributed by atoms with van der Waals surface area (Å²) < 4.78 is 44.0. The zero-order valence-corrected chi connectivity index (χ0v) is 16.4. The lowest BCUT2D eigenvalue weighted by molar-refractivity contribution is -0.119. The molecule has 2 aromatic rings. The number of carbonyl (C=O) groups excluding carboxylic acids is 1. The number of benzene rings is 2. The van der Waals surface area contributed by atoms with Gasteiger partial charge in [0, 0.05) is 0 Å². The Morgan fingerprint density at radius 1 is 1.21 bits per heavy atom. The van der Waals surface area contributed by atoms with Crippen molar-refractivity contribution in [1.82, 2.24) is 5.43 Å². The topological polar surface area (TPSA) is 88.1 Å². The molecule has 0 saturated heterocycles. The quantitative estimate of drug-likeness (QED) is 0.511. The van der Waals surface area contributed by atoms with E-state index in [9.17, 15) is 17.6 Å². The molecule has 0 aliphatic rings. The Balaban J connectivity index is 1.99. The highest BCUT2D eigenvalue weighted by Gasteiger charge is 2.23. The fourth-order valence-corrected chi connectivity index (χ4v) is 3.11. The second kappa shape index (κ2) is 9.84. The van der Waals surface area contributed by atoms with Crippen molar-refractivity contribution < 1.29 is 22.3 Å². The number of sulfonamides is 1. The molecule has 0 aliphatic heterocycles. The summed E-state index contributed by atoms with van der Waals surface area (Å²) in [7, 11) is -3.86. The molecule has 150 valence electrons. The van der Waals surface area contributed by atoms with Crippen molar-refractivity contribution in [2.75, 3.05) is 23.7 Å². The first-order valence-corrected chi connectivity index (χ1v) is 10.4. The Bertz CT molecular complexity index is 930. The van der Waals surface area contributed by atoms with Gasteiger partial charge in [0.05, 0.1) is 24.8 Å². The summed E-state index contributed by atoms with van der Waals surface area (Å²) in [4.78, 5) is 12.1. The van der Waals surface area contributed by atoms with Crippen LogP contribution in [0.4, 0.5) is 10.1 Å². The van der Waals surface area contributed by atoms with Gasteiger partial charge in [0.1, 0.15) is 18.1 Å². The van der Waals surface area contributed by atoms with Crippen molar-refractivity contribution >= 4 is 27.8 Å². The molecule has 7 nitrogen and oxygen atoms in total. The van der Waals surface area contributed by atoms with Gasteiger partial charge < -0.3 is 4.74 Å². The van der Waals surface area contributed by atoms with Crippen LogP contribution < -0.4 is 14.5 Å². The average Bonchev–Trinajstić information content (AvgIpc) is 2.65. The SMILES string of the molecule is CCCOc1ccc(/C=N\NC(=O)CN(c2ccccc2F)S(C)(=O)=O)cc1. The third kappa shape index (κ3) is 6.34. The summed E-state index contributed by atoms with van der Waals surface area (Å²) in [6.45, 7) is 2.05. The zero-order valence-electron chi connectivity index (χ0n) is 15.6. The molecule has 0 radical (unpaired) electrons. The molecule has 2 aromatic carbocycles. The Morgan fingerprint density at radius 2 is 1.89 bits per heavy atom. The molecule has 0 fully saturated rings.